The second kappa shape index (κ2) is 8.17. The van der Waals surface area contributed by atoms with Crippen LogP contribution in [0.2, 0.25) is 5.02 Å². The molecule has 0 radical (unpaired) electrons. The lowest BCUT2D eigenvalue weighted by Crippen LogP contribution is -2.46. The molecule has 0 bridgehead atoms. The number of likely N-dealkylation sites (tertiary alicyclic amines) is 1. The van der Waals surface area contributed by atoms with Gasteiger partial charge in [0.1, 0.15) is 5.82 Å². The number of aromatic nitrogens is 2. The Morgan fingerprint density at radius 1 is 1.21 bits per heavy atom. The van der Waals surface area contributed by atoms with E-state index in [1.165, 1.54) is 0 Å². The standard InChI is InChI=1S/C23H27ClN4O/c1-14-5-4-6-15(2)21(14)27-23(29)16(3)28-11-9-17(10-12-28)22-25-19-8-7-18(24)13-20(19)26-22/h4-8,13,16-17H,9-12H2,1-3H3,(H,25,26)(H,27,29). The maximum Gasteiger partial charge on any atom is 0.241 e. The molecule has 6 heteroatoms. The van der Waals surface area contributed by atoms with Gasteiger partial charge in [-0.3, -0.25) is 9.69 Å². The first-order chi connectivity index (χ1) is 13.9. The first-order valence-corrected chi connectivity index (χ1v) is 10.6. The Kier molecular flexibility index (Phi) is 5.61. The summed E-state index contributed by atoms with van der Waals surface area (Å²) < 4.78 is 0. The summed E-state index contributed by atoms with van der Waals surface area (Å²) in [5, 5.41) is 3.84. The van der Waals surface area contributed by atoms with Gasteiger partial charge in [-0.2, -0.15) is 0 Å². The van der Waals surface area contributed by atoms with Crippen molar-refractivity contribution in [3.8, 4) is 0 Å². The van der Waals surface area contributed by atoms with Gasteiger partial charge < -0.3 is 10.3 Å². The molecule has 0 saturated carbocycles. The van der Waals surface area contributed by atoms with Crippen LogP contribution in [0.4, 0.5) is 5.69 Å². The molecule has 4 rings (SSSR count). The van der Waals surface area contributed by atoms with Crippen molar-refractivity contribution in [1.29, 1.82) is 0 Å². The third-order valence-electron chi connectivity index (χ3n) is 6.03. The number of nitrogens with zero attached hydrogens (tertiary/aromatic N) is 2. The number of halogens is 1. The molecule has 3 aromatic rings. The Morgan fingerprint density at radius 3 is 2.59 bits per heavy atom. The van der Waals surface area contributed by atoms with E-state index in [9.17, 15) is 4.79 Å². The summed E-state index contributed by atoms with van der Waals surface area (Å²) in [7, 11) is 0. The topological polar surface area (TPSA) is 61.0 Å². The fraction of sp³-hybridized carbons (Fsp3) is 0.391. The van der Waals surface area contributed by atoms with Gasteiger partial charge in [0.15, 0.2) is 0 Å². The number of fused-ring (bicyclic) bond motifs is 1. The van der Waals surface area contributed by atoms with Gasteiger partial charge in [0.2, 0.25) is 5.91 Å². The zero-order chi connectivity index (χ0) is 20.5. The highest BCUT2D eigenvalue weighted by Crippen LogP contribution is 2.29. The van der Waals surface area contributed by atoms with Crippen LogP contribution in [0.25, 0.3) is 11.0 Å². The largest absolute Gasteiger partial charge is 0.342 e. The van der Waals surface area contributed by atoms with Crippen LogP contribution < -0.4 is 5.32 Å². The fourth-order valence-electron chi connectivity index (χ4n) is 4.16. The molecule has 152 valence electrons. The number of imidazole rings is 1. The zero-order valence-electron chi connectivity index (χ0n) is 17.1. The molecule has 2 aromatic carbocycles. The van der Waals surface area contributed by atoms with Crippen molar-refractivity contribution in [1.82, 2.24) is 14.9 Å². The van der Waals surface area contributed by atoms with Crippen LogP contribution in [0.1, 0.15) is 42.6 Å². The lowest BCUT2D eigenvalue weighted by molar-refractivity contribution is -0.121. The normalized spacial score (nSPS) is 16.8. The second-order valence-electron chi connectivity index (χ2n) is 8.03. The van der Waals surface area contributed by atoms with Crippen LogP contribution in [0.15, 0.2) is 36.4 Å². The van der Waals surface area contributed by atoms with Crippen molar-refractivity contribution in [3.63, 3.8) is 0 Å². The monoisotopic (exact) mass is 410 g/mol. The molecule has 0 aliphatic carbocycles. The van der Waals surface area contributed by atoms with E-state index in [4.69, 9.17) is 16.6 Å². The van der Waals surface area contributed by atoms with Gasteiger partial charge in [0.25, 0.3) is 0 Å². The van der Waals surface area contributed by atoms with Gasteiger partial charge in [0.05, 0.1) is 17.1 Å². The number of H-pyrrole nitrogens is 1. The molecule has 2 N–H and O–H groups in total. The molecule has 1 unspecified atom stereocenters. The molecular formula is C23H27ClN4O. The average molecular weight is 411 g/mol. The molecule has 1 amide bonds. The summed E-state index contributed by atoms with van der Waals surface area (Å²) in [5.74, 6) is 1.46. The Labute approximate surface area is 176 Å². The van der Waals surface area contributed by atoms with E-state index in [1.54, 1.807) is 0 Å². The third-order valence-corrected chi connectivity index (χ3v) is 6.27. The SMILES string of the molecule is Cc1cccc(C)c1NC(=O)C(C)N1CCC(c2nc3ccc(Cl)cc3[nH]2)CC1. The lowest BCUT2D eigenvalue weighted by atomic mass is 9.95. The third kappa shape index (κ3) is 4.16. The number of aryl methyl sites for hydroxylation is 2. The Bertz CT molecular complexity index is 1020. The van der Waals surface area contributed by atoms with Crippen LogP contribution >= 0.6 is 11.6 Å². The zero-order valence-corrected chi connectivity index (χ0v) is 17.9. The molecule has 1 aliphatic rings. The van der Waals surface area contributed by atoms with E-state index < -0.39 is 0 Å². The van der Waals surface area contributed by atoms with Gasteiger partial charge in [-0.1, -0.05) is 29.8 Å². The van der Waals surface area contributed by atoms with Gasteiger partial charge in [-0.15, -0.1) is 0 Å². The van der Waals surface area contributed by atoms with E-state index in [1.807, 2.05) is 57.2 Å². The van der Waals surface area contributed by atoms with Crippen molar-refractivity contribution in [2.75, 3.05) is 18.4 Å². The maximum absolute atomic E-state index is 12.8. The van der Waals surface area contributed by atoms with Crippen LogP contribution in [0, 0.1) is 13.8 Å². The molecule has 1 saturated heterocycles. The number of rotatable bonds is 4. The van der Waals surface area contributed by atoms with E-state index in [0.717, 1.165) is 59.6 Å². The molecule has 1 atom stereocenters. The van der Waals surface area contributed by atoms with Gasteiger partial charge >= 0.3 is 0 Å². The fourth-order valence-corrected chi connectivity index (χ4v) is 4.33. The van der Waals surface area contributed by atoms with E-state index >= 15 is 0 Å². The number of amides is 1. The Hall–Kier alpha value is -2.37. The number of hydrogen-bond acceptors (Lipinski definition) is 3. The summed E-state index contributed by atoms with van der Waals surface area (Å²) in [4.78, 5) is 23.3. The van der Waals surface area contributed by atoms with Crippen molar-refractivity contribution in [2.45, 2.75) is 45.6 Å². The van der Waals surface area contributed by atoms with Crippen LogP contribution in [0.3, 0.4) is 0 Å². The summed E-state index contributed by atoms with van der Waals surface area (Å²) in [6.45, 7) is 7.80. The molecule has 29 heavy (non-hydrogen) atoms. The molecule has 0 spiro atoms. The number of piperidine rings is 1. The smallest absolute Gasteiger partial charge is 0.241 e. The number of anilines is 1. The predicted molar refractivity (Wildman–Crippen MR) is 119 cm³/mol. The highest BCUT2D eigenvalue weighted by molar-refractivity contribution is 6.31. The summed E-state index contributed by atoms with van der Waals surface area (Å²) in [6, 6.07) is 11.6. The number of carbonyl (C=O) groups is 1. The molecule has 2 heterocycles. The first-order valence-electron chi connectivity index (χ1n) is 10.2. The van der Waals surface area contributed by atoms with Crippen LogP contribution in [0.5, 0.6) is 0 Å². The molecule has 5 nitrogen and oxygen atoms in total. The minimum absolute atomic E-state index is 0.0548. The quantitative estimate of drug-likeness (QED) is 0.633. The number of aromatic amines is 1. The highest BCUT2D eigenvalue weighted by Gasteiger charge is 2.29. The van der Waals surface area contributed by atoms with Gasteiger partial charge in [-0.05, 0) is 76.0 Å². The molecule has 1 fully saturated rings. The molecular weight excluding hydrogens is 384 g/mol. The average Bonchev–Trinajstić information content (AvgIpc) is 3.13. The summed E-state index contributed by atoms with van der Waals surface area (Å²) >= 11 is 6.08. The Morgan fingerprint density at radius 2 is 1.90 bits per heavy atom. The number of nitrogens with one attached hydrogen (secondary N) is 2. The Balaban J connectivity index is 1.38. The van der Waals surface area contributed by atoms with Gasteiger partial charge in [-0.25, -0.2) is 4.98 Å². The van der Waals surface area contributed by atoms with Crippen molar-refractivity contribution in [2.24, 2.45) is 0 Å². The summed E-state index contributed by atoms with van der Waals surface area (Å²) in [5.41, 5.74) is 5.05. The van der Waals surface area contributed by atoms with Crippen LogP contribution in [-0.4, -0.2) is 39.9 Å². The predicted octanol–water partition coefficient (Wildman–Crippen LogP) is 5.04. The number of para-hydroxylation sites is 1. The molecule has 1 aromatic heterocycles. The van der Waals surface area contributed by atoms with E-state index in [-0.39, 0.29) is 11.9 Å². The molecule has 1 aliphatic heterocycles. The number of carbonyl (C=O) groups excluding carboxylic acids is 1. The minimum atomic E-state index is -0.163. The summed E-state index contributed by atoms with van der Waals surface area (Å²) in [6.07, 6.45) is 1.96. The van der Waals surface area contributed by atoms with E-state index in [0.29, 0.717) is 10.9 Å². The van der Waals surface area contributed by atoms with Crippen molar-refractivity contribution >= 4 is 34.2 Å². The number of benzene rings is 2. The first kappa shape index (κ1) is 19.9. The maximum atomic E-state index is 12.8. The lowest BCUT2D eigenvalue weighted by Gasteiger charge is -2.34. The minimum Gasteiger partial charge on any atom is -0.342 e. The van der Waals surface area contributed by atoms with Gasteiger partial charge in [0, 0.05) is 16.6 Å². The second-order valence-corrected chi connectivity index (χ2v) is 8.46. The van der Waals surface area contributed by atoms with Crippen molar-refractivity contribution < 1.29 is 4.79 Å². The van der Waals surface area contributed by atoms with E-state index in [2.05, 4.69) is 15.2 Å². The highest BCUT2D eigenvalue weighted by atomic mass is 35.5. The van der Waals surface area contributed by atoms with Crippen LogP contribution in [-0.2, 0) is 4.79 Å². The number of hydrogen-bond donors (Lipinski definition) is 2. The van der Waals surface area contributed by atoms with Crippen molar-refractivity contribution in [3.05, 3.63) is 58.4 Å².